The molecule has 1 unspecified atom stereocenters. The Kier molecular flexibility index (Phi) is 3.89. The predicted molar refractivity (Wildman–Crippen MR) is 76.9 cm³/mol. The van der Waals surface area contributed by atoms with Crippen molar-refractivity contribution in [2.24, 2.45) is 0 Å². The van der Waals surface area contributed by atoms with Crippen LogP contribution in [-0.4, -0.2) is 41.7 Å². The smallest absolute Gasteiger partial charge is 0.257 e. The molecule has 3 rings (SSSR count). The summed E-state index contributed by atoms with van der Waals surface area (Å²) in [4.78, 5) is 22.5. The fourth-order valence-corrected chi connectivity index (χ4v) is 2.56. The van der Waals surface area contributed by atoms with Gasteiger partial charge in [0.2, 0.25) is 0 Å². The third-order valence-corrected chi connectivity index (χ3v) is 3.68. The van der Waals surface area contributed by atoms with Crippen molar-refractivity contribution in [1.29, 1.82) is 0 Å². The molecule has 0 aromatic carbocycles. The molecule has 0 spiro atoms. The lowest BCUT2D eigenvalue weighted by atomic mass is 10.2. The van der Waals surface area contributed by atoms with E-state index in [1.165, 1.54) is 11.3 Å². The van der Waals surface area contributed by atoms with Gasteiger partial charge in [0.05, 0.1) is 13.2 Å². The van der Waals surface area contributed by atoms with Crippen LogP contribution in [0.1, 0.15) is 0 Å². The van der Waals surface area contributed by atoms with Crippen molar-refractivity contribution in [3.05, 3.63) is 36.0 Å². The summed E-state index contributed by atoms with van der Waals surface area (Å²) in [6, 6.07) is 5.74. The lowest BCUT2D eigenvalue weighted by molar-refractivity contribution is -0.128. The highest BCUT2D eigenvalue weighted by Gasteiger charge is 2.27. The van der Waals surface area contributed by atoms with Gasteiger partial charge in [-0.05, 0) is 12.1 Å². The van der Waals surface area contributed by atoms with E-state index in [1.807, 2.05) is 23.6 Å². The van der Waals surface area contributed by atoms with Gasteiger partial charge in [-0.3, -0.25) is 10.1 Å². The van der Waals surface area contributed by atoms with Crippen molar-refractivity contribution in [3.63, 3.8) is 0 Å². The molecular formula is C13H14N4O2S. The number of nitrogens with zero attached hydrogens (tertiary/aromatic N) is 3. The number of rotatable bonds is 3. The van der Waals surface area contributed by atoms with Gasteiger partial charge in [-0.1, -0.05) is 6.07 Å². The van der Waals surface area contributed by atoms with Gasteiger partial charge >= 0.3 is 0 Å². The highest BCUT2D eigenvalue weighted by Crippen LogP contribution is 2.16. The van der Waals surface area contributed by atoms with Gasteiger partial charge in [0.25, 0.3) is 5.91 Å². The Morgan fingerprint density at radius 2 is 2.35 bits per heavy atom. The molecule has 2 aromatic rings. The van der Waals surface area contributed by atoms with Gasteiger partial charge in [0.1, 0.15) is 5.82 Å². The molecule has 20 heavy (non-hydrogen) atoms. The molecule has 0 bridgehead atoms. The number of thiazole rings is 1. The van der Waals surface area contributed by atoms with Crippen molar-refractivity contribution in [1.82, 2.24) is 9.97 Å². The van der Waals surface area contributed by atoms with Crippen molar-refractivity contribution in [3.8, 4) is 0 Å². The molecule has 2 aromatic heterocycles. The molecule has 1 N–H and O–H groups in total. The SMILES string of the molecule is O=C(Nc1nccs1)C1CN(c2ccccn2)CCO1. The van der Waals surface area contributed by atoms with Gasteiger partial charge in [0.15, 0.2) is 11.2 Å². The number of carbonyl (C=O) groups is 1. The quantitative estimate of drug-likeness (QED) is 0.925. The van der Waals surface area contributed by atoms with E-state index in [-0.39, 0.29) is 5.91 Å². The Labute approximate surface area is 120 Å². The topological polar surface area (TPSA) is 67.4 Å². The highest BCUT2D eigenvalue weighted by atomic mass is 32.1. The van der Waals surface area contributed by atoms with E-state index in [4.69, 9.17) is 4.74 Å². The van der Waals surface area contributed by atoms with Crippen molar-refractivity contribution >= 4 is 28.2 Å². The second kappa shape index (κ2) is 5.98. The van der Waals surface area contributed by atoms with Crippen LogP contribution in [0.25, 0.3) is 0 Å². The first-order chi connectivity index (χ1) is 9.83. The number of pyridine rings is 1. The predicted octanol–water partition coefficient (Wildman–Crippen LogP) is 1.38. The second-order valence-electron chi connectivity index (χ2n) is 4.32. The van der Waals surface area contributed by atoms with Crippen molar-refractivity contribution in [2.75, 3.05) is 29.9 Å². The summed E-state index contributed by atoms with van der Waals surface area (Å²) in [5, 5.41) is 5.17. The molecule has 1 atom stereocenters. The van der Waals surface area contributed by atoms with E-state index in [1.54, 1.807) is 12.4 Å². The van der Waals surface area contributed by atoms with E-state index < -0.39 is 6.10 Å². The summed E-state index contributed by atoms with van der Waals surface area (Å²) in [6.45, 7) is 1.73. The molecule has 1 amide bonds. The molecule has 0 saturated carbocycles. The van der Waals surface area contributed by atoms with Gasteiger partial charge in [-0.2, -0.15) is 0 Å². The first kappa shape index (κ1) is 13.0. The van der Waals surface area contributed by atoms with Crippen LogP contribution in [0, 0.1) is 0 Å². The minimum absolute atomic E-state index is 0.166. The summed E-state index contributed by atoms with van der Waals surface area (Å²) in [5.74, 6) is 0.698. The normalized spacial score (nSPS) is 18.8. The number of morpholine rings is 1. The summed E-state index contributed by atoms with van der Waals surface area (Å²) < 4.78 is 5.54. The minimum Gasteiger partial charge on any atom is -0.365 e. The van der Waals surface area contributed by atoms with E-state index in [9.17, 15) is 4.79 Å². The summed E-state index contributed by atoms with van der Waals surface area (Å²) in [6.07, 6.45) is 2.90. The Balaban J connectivity index is 1.64. The van der Waals surface area contributed by atoms with Gasteiger partial charge in [-0.15, -0.1) is 11.3 Å². The standard InChI is InChI=1S/C13H14N4O2S/c18-12(16-13-15-5-8-20-13)10-9-17(6-7-19-10)11-3-1-2-4-14-11/h1-5,8,10H,6-7,9H2,(H,15,16,18). The molecule has 0 radical (unpaired) electrons. The maximum atomic E-state index is 12.1. The van der Waals surface area contributed by atoms with Crippen LogP contribution in [0.4, 0.5) is 10.9 Å². The monoisotopic (exact) mass is 290 g/mol. The van der Waals surface area contributed by atoms with E-state index in [0.717, 1.165) is 12.4 Å². The molecular weight excluding hydrogens is 276 g/mol. The number of anilines is 2. The zero-order valence-corrected chi connectivity index (χ0v) is 11.5. The lowest BCUT2D eigenvalue weighted by Gasteiger charge is -2.32. The molecule has 6 nitrogen and oxygen atoms in total. The number of aromatic nitrogens is 2. The van der Waals surface area contributed by atoms with E-state index >= 15 is 0 Å². The second-order valence-corrected chi connectivity index (χ2v) is 5.21. The van der Waals surface area contributed by atoms with Crippen LogP contribution < -0.4 is 10.2 Å². The van der Waals surface area contributed by atoms with E-state index in [2.05, 4.69) is 20.2 Å². The van der Waals surface area contributed by atoms with Crippen LogP contribution in [0.3, 0.4) is 0 Å². The Hall–Kier alpha value is -1.99. The number of carbonyl (C=O) groups excluding carboxylic acids is 1. The van der Waals surface area contributed by atoms with Crippen molar-refractivity contribution in [2.45, 2.75) is 6.10 Å². The number of ether oxygens (including phenoxy) is 1. The summed E-state index contributed by atoms with van der Waals surface area (Å²) in [7, 11) is 0. The Morgan fingerprint density at radius 3 is 3.10 bits per heavy atom. The maximum Gasteiger partial charge on any atom is 0.257 e. The molecule has 1 aliphatic heterocycles. The van der Waals surface area contributed by atoms with E-state index in [0.29, 0.717) is 18.3 Å². The summed E-state index contributed by atoms with van der Waals surface area (Å²) in [5.41, 5.74) is 0. The zero-order valence-electron chi connectivity index (χ0n) is 10.7. The Morgan fingerprint density at radius 1 is 1.40 bits per heavy atom. The fraction of sp³-hybridized carbons (Fsp3) is 0.308. The fourth-order valence-electron chi connectivity index (χ4n) is 2.03. The third kappa shape index (κ3) is 2.94. The zero-order chi connectivity index (χ0) is 13.8. The third-order valence-electron chi connectivity index (χ3n) is 2.99. The Bertz CT molecular complexity index is 561. The van der Waals surface area contributed by atoms with Crippen LogP contribution in [0.2, 0.25) is 0 Å². The average Bonchev–Trinajstić information content (AvgIpc) is 3.01. The molecule has 1 aliphatic rings. The maximum absolute atomic E-state index is 12.1. The largest absolute Gasteiger partial charge is 0.365 e. The van der Waals surface area contributed by atoms with Gasteiger partial charge < -0.3 is 9.64 Å². The number of hydrogen-bond donors (Lipinski definition) is 1. The van der Waals surface area contributed by atoms with Gasteiger partial charge in [0, 0.05) is 24.3 Å². The first-order valence-electron chi connectivity index (χ1n) is 6.31. The molecule has 1 fully saturated rings. The average molecular weight is 290 g/mol. The summed E-state index contributed by atoms with van der Waals surface area (Å²) >= 11 is 1.39. The molecule has 1 saturated heterocycles. The molecule has 7 heteroatoms. The van der Waals surface area contributed by atoms with Gasteiger partial charge in [-0.25, -0.2) is 9.97 Å². The molecule has 104 valence electrons. The van der Waals surface area contributed by atoms with Crippen LogP contribution in [0.5, 0.6) is 0 Å². The first-order valence-corrected chi connectivity index (χ1v) is 7.19. The van der Waals surface area contributed by atoms with Crippen LogP contribution in [-0.2, 0) is 9.53 Å². The molecule has 0 aliphatic carbocycles. The van der Waals surface area contributed by atoms with Crippen LogP contribution >= 0.6 is 11.3 Å². The van der Waals surface area contributed by atoms with Crippen LogP contribution in [0.15, 0.2) is 36.0 Å². The van der Waals surface area contributed by atoms with Crippen molar-refractivity contribution < 1.29 is 9.53 Å². The number of nitrogens with one attached hydrogen (secondary N) is 1. The minimum atomic E-state index is -0.505. The number of hydrogen-bond acceptors (Lipinski definition) is 6. The lowest BCUT2D eigenvalue weighted by Crippen LogP contribution is -2.48. The molecule has 3 heterocycles. The number of amides is 1. The highest BCUT2D eigenvalue weighted by molar-refractivity contribution is 7.13.